The van der Waals surface area contributed by atoms with E-state index in [1.54, 1.807) is 58.6 Å². The van der Waals surface area contributed by atoms with Gasteiger partial charge in [0.2, 0.25) is 0 Å². The van der Waals surface area contributed by atoms with E-state index in [0.29, 0.717) is 47.2 Å². The molecule has 2 aromatic carbocycles. The number of unbranched alkanes of at least 4 members (excludes halogenated alkanes) is 1. The molecule has 0 N–H and O–H groups in total. The highest BCUT2D eigenvalue weighted by Gasteiger charge is 2.35. The van der Waals surface area contributed by atoms with Crippen LogP contribution >= 0.6 is 0 Å². The van der Waals surface area contributed by atoms with Crippen molar-refractivity contribution in [3.8, 4) is 29.1 Å². The molecule has 0 bridgehead atoms. The van der Waals surface area contributed by atoms with Crippen molar-refractivity contribution in [2.45, 2.75) is 33.1 Å². The molecule has 0 unspecified atom stereocenters. The van der Waals surface area contributed by atoms with Crippen molar-refractivity contribution >= 4 is 17.9 Å². The molecule has 0 spiro atoms. The first-order chi connectivity index (χ1) is 17.9. The lowest BCUT2D eigenvalue weighted by Gasteiger charge is -2.27. The highest BCUT2D eigenvalue weighted by molar-refractivity contribution is 6.19. The van der Waals surface area contributed by atoms with E-state index in [2.05, 4.69) is 6.92 Å². The number of imide groups is 1. The predicted octanol–water partition coefficient (Wildman–Crippen LogP) is 4.73. The van der Waals surface area contributed by atoms with E-state index in [4.69, 9.17) is 18.9 Å². The fraction of sp³-hybridized carbons (Fsp3) is 0.345. The fourth-order valence-corrected chi connectivity index (χ4v) is 4.00. The van der Waals surface area contributed by atoms with E-state index in [1.165, 1.54) is 0 Å². The lowest BCUT2D eigenvalue weighted by Crippen LogP contribution is -2.43. The van der Waals surface area contributed by atoms with Crippen LogP contribution in [0.4, 0.5) is 0 Å². The molecule has 0 saturated heterocycles. The van der Waals surface area contributed by atoms with Crippen LogP contribution in [0.5, 0.6) is 23.0 Å². The van der Waals surface area contributed by atoms with Crippen molar-refractivity contribution in [1.82, 2.24) is 4.90 Å². The van der Waals surface area contributed by atoms with Gasteiger partial charge in [0.25, 0.3) is 11.8 Å². The third kappa shape index (κ3) is 6.12. The van der Waals surface area contributed by atoms with Gasteiger partial charge in [0.15, 0.2) is 23.0 Å². The van der Waals surface area contributed by atoms with Crippen LogP contribution in [0.2, 0.25) is 0 Å². The minimum Gasteiger partial charge on any atom is -0.493 e. The maximum atomic E-state index is 13.4. The molecule has 0 aromatic heterocycles. The van der Waals surface area contributed by atoms with Gasteiger partial charge in [-0.2, -0.15) is 5.26 Å². The molecule has 194 valence electrons. The molecule has 8 nitrogen and oxygen atoms in total. The summed E-state index contributed by atoms with van der Waals surface area (Å²) in [7, 11) is 4.65. The number of hydrogen-bond acceptors (Lipinski definition) is 7. The molecule has 1 aliphatic rings. The minimum atomic E-state index is -0.597. The summed E-state index contributed by atoms with van der Waals surface area (Å²) in [4.78, 5) is 27.6. The largest absolute Gasteiger partial charge is 0.493 e. The average molecular weight is 505 g/mol. The second-order valence-electron chi connectivity index (χ2n) is 8.48. The molecule has 1 aliphatic heterocycles. The van der Waals surface area contributed by atoms with Gasteiger partial charge in [0, 0.05) is 12.1 Å². The molecule has 0 fully saturated rings. The third-order valence-corrected chi connectivity index (χ3v) is 6.15. The number of ether oxygens (including phenoxy) is 4. The Hall–Kier alpha value is -4.25. The number of carbonyl (C=O) groups is 2. The maximum absolute atomic E-state index is 13.4. The molecule has 37 heavy (non-hydrogen) atoms. The van der Waals surface area contributed by atoms with E-state index >= 15 is 0 Å². The van der Waals surface area contributed by atoms with E-state index < -0.39 is 11.8 Å². The van der Waals surface area contributed by atoms with Crippen molar-refractivity contribution in [3.63, 3.8) is 0 Å². The van der Waals surface area contributed by atoms with Crippen LogP contribution in [0.25, 0.3) is 6.08 Å². The molecular weight excluding hydrogens is 472 g/mol. The topological polar surface area (TPSA) is 98.1 Å². The number of nitrogens with zero attached hydrogens (tertiary/aromatic N) is 2. The van der Waals surface area contributed by atoms with Crippen molar-refractivity contribution in [1.29, 1.82) is 5.26 Å². The Morgan fingerprint density at radius 3 is 2.24 bits per heavy atom. The molecule has 2 amide bonds. The Morgan fingerprint density at radius 1 is 0.919 bits per heavy atom. The molecule has 0 aliphatic carbocycles. The Labute approximate surface area is 217 Å². The Balaban J connectivity index is 1.90. The zero-order chi connectivity index (χ0) is 26.9. The van der Waals surface area contributed by atoms with Gasteiger partial charge < -0.3 is 18.9 Å². The van der Waals surface area contributed by atoms with Crippen molar-refractivity contribution < 1.29 is 28.5 Å². The molecule has 2 aromatic rings. The number of methoxy groups -OCH3 is 3. The first kappa shape index (κ1) is 27.3. The Morgan fingerprint density at radius 2 is 1.59 bits per heavy atom. The molecule has 0 saturated carbocycles. The van der Waals surface area contributed by atoms with Gasteiger partial charge in [-0.15, -0.1) is 0 Å². The number of rotatable bonds is 11. The summed E-state index contributed by atoms with van der Waals surface area (Å²) in [5, 5.41) is 9.69. The monoisotopic (exact) mass is 504 g/mol. The second kappa shape index (κ2) is 12.6. The van der Waals surface area contributed by atoms with Crippen LogP contribution < -0.4 is 18.9 Å². The summed E-state index contributed by atoms with van der Waals surface area (Å²) in [5.74, 6) is 1.25. The van der Waals surface area contributed by atoms with E-state index in [-0.39, 0.29) is 17.7 Å². The molecule has 3 rings (SSSR count). The SMILES string of the molecule is CCCCOc1ccc(/C=C2/C(=O)N(CCc3ccc(OC)c(OC)c3)C(=O)C(C#N)=C2C)cc1OC. The number of benzene rings is 2. The minimum absolute atomic E-state index is 0.0513. The smallest absolute Gasteiger partial charge is 0.271 e. The van der Waals surface area contributed by atoms with Gasteiger partial charge in [-0.1, -0.05) is 25.5 Å². The predicted molar refractivity (Wildman–Crippen MR) is 140 cm³/mol. The lowest BCUT2D eigenvalue weighted by atomic mass is 9.93. The molecule has 0 radical (unpaired) electrons. The zero-order valence-electron chi connectivity index (χ0n) is 21.9. The van der Waals surface area contributed by atoms with Crippen LogP contribution in [-0.2, 0) is 16.0 Å². The van der Waals surface area contributed by atoms with Gasteiger partial charge in [-0.3, -0.25) is 14.5 Å². The summed E-state index contributed by atoms with van der Waals surface area (Å²) < 4.78 is 21.9. The number of amides is 2. The standard InChI is InChI=1S/C29H32N2O6/c1-6-7-14-37-25-11-9-21(17-27(25)36-5)15-22-19(2)23(18-30)29(33)31(28(22)32)13-12-20-8-10-24(34-3)26(16-20)35-4/h8-11,15-17H,6-7,12-14H2,1-5H3/b22-15+. The summed E-state index contributed by atoms with van der Waals surface area (Å²) in [6.45, 7) is 4.39. The van der Waals surface area contributed by atoms with E-state index in [9.17, 15) is 14.9 Å². The van der Waals surface area contributed by atoms with Crippen LogP contribution in [0.1, 0.15) is 37.8 Å². The van der Waals surface area contributed by atoms with Crippen molar-refractivity contribution in [3.05, 3.63) is 64.2 Å². The zero-order valence-corrected chi connectivity index (χ0v) is 21.9. The van der Waals surface area contributed by atoms with Crippen LogP contribution in [0.15, 0.2) is 53.1 Å². The summed E-state index contributed by atoms with van der Waals surface area (Å²) in [5.41, 5.74) is 2.13. The van der Waals surface area contributed by atoms with Gasteiger partial charge in [0.1, 0.15) is 11.6 Å². The van der Waals surface area contributed by atoms with Crippen LogP contribution in [0, 0.1) is 11.3 Å². The first-order valence-electron chi connectivity index (χ1n) is 12.1. The van der Waals surface area contributed by atoms with Gasteiger partial charge in [-0.05, 0) is 66.8 Å². The number of nitriles is 1. The van der Waals surface area contributed by atoms with E-state index in [0.717, 1.165) is 23.3 Å². The lowest BCUT2D eigenvalue weighted by molar-refractivity contribution is -0.140. The fourth-order valence-electron chi connectivity index (χ4n) is 4.00. The highest BCUT2D eigenvalue weighted by atomic mass is 16.5. The molecular formula is C29H32N2O6. The highest BCUT2D eigenvalue weighted by Crippen LogP contribution is 2.32. The molecule has 1 heterocycles. The normalized spacial score (nSPS) is 14.6. The van der Waals surface area contributed by atoms with Crippen molar-refractivity contribution in [2.75, 3.05) is 34.5 Å². The Kier molecular flexibility index (Phi) is 9.33. The second-order valence-corrected chi connectivity index (χ2v) is 8.48. The quantitative estimate of drug-likeness (QED) is 0.248. The molecule has 0 atom stereocenters. The van der Waals surface area contributed by atoms with Gasteiger partial charge in [-0.25, -0.2) is 0 Å². The van der Waals surface area contributed by atoms with Crippen LogP contribution in [0.3, 0.4) is 0 Å². The van der Waals surface area contributed by atoms with Gasteiger partial charge >= 0.3 is 0 Å². The number of hydrogen-bond donors (Lipinski definition) is 0. The van der Waals surface area contributed by atoms with Gasteiger partial charge in [0.05, 0.1) is 27.9 Å². The molecule has 8 heteroatoms. The average Bonchev–Trinajstić information content (AvgIpc) is 2.91. The third-order valence-electron chi connectivity index (χ3n) is 6.15. The van der Waals surface area contributed by atoms with E-state index in [1.807, 2.05) is 18.2 Å². The number of carbonyl (C=O) groups excluding carboxylic acids is 2. The first-order valence-corrected chi connectivity index (χ1v) is 12.1. The van der Waals surface area contributed by atoms with Crippen molar-refractivity contribution in [2.24, 2.45) is 0 Å². The summed E-state index contributed by atoms with van der Waals surface area (Å²) in [6.07, 6.45) is 4.00. The maximum Gasteiger partial charge on any atom is 0.271 e. The summed E-state index contributed by atoms with van der Waals surface area (Å²) in [6, 6.07) is 12.8. The van der Waals surface area contributed by atoms with Crippen LogP contribution in [-0.4, -0.2) is 51.2 Å². The summed E-state index contributed by atoms with van der Waals surface area (Å²) >= 11 is 0. The Bertz CT molecular complexity index is 1270.